The highest BCUT2D eigenvalue weighted by Gasteiger charge is 2.20. The number of aromatic nitrogens is 2. The molecule has 4 rings (SSSR count). The number of hydrogen-bond donors (Lipinski definition) is 2. The summed E-state index contributed by atoms with van der Waals surface area (Å²) in [5, 5.41) is 3.38. The molecular formula is C15H17N3O. The predicted molar refractivity (Wildman–Crippen MR) is 73.5 cm³/mol. The van der Waals surface area contributed by atoms with Crippen LogP contribution in [-0.2, 0) is 6.42 Å². The van der Waals surface area contributed by atoms with Crippen LogP contribution in [0.2, 0.25) is 0 Å². The van der Waals surface area contributed by atoms with Gasteiger partial charge >= 0.3 is 0 Å². The number of fused-ring (bicyclic) bond motifs is 1. The molecule has 0 aliphatic carbocycles. The minimum Gasteiger partial charge on any atom is -0.493 e. The van der Waals surface area contributed by atoms with Gasteiger partial charge in [0.05, 0.1) is 18.5 Å². The molecule has 4 nitrogen and oxygen atoms in total. The first-order chi connectivity index (χ1) is 9.40. The van der Waals surface area contributed by atoms with Crippen LogP contribution in [0.1, 0.15) is 23.7 Å². The maximum Gasteiger partial charge on any atom is 0.122 e. The van der Waals surface area contributed by atoms with E-state index < -0.39 is 0 Å². The summed E-state index contributed by atoms with van der Waals surface area (Å²) in [7, 11) is 0. The molecule has 1 aromatic heterocycles. The normalized spacial score (nSPS) is 21.4. The Labute approximate surface area is 112 Å². The number of aromatic amines is 1. The minimum atomic E-state index is 0.534. The Morgan fingerprint density at radius 1 is 1.32 bits per heavy atom. The van der Waals surface area contributed by atoms with Gasteiger partial charge in [0.25, 0.3) is 0 Å². The molecule has 1 unspecified atom stereocenters. The summed E-state index contributed by atoms with van der Waals surface area (Å²) in [6.07, 6.45) is 4.13. The average Bonchev–Trinajstić information content (AvgIpc) is 3.18. The highest BCUT2D eigenvalue weighted by atomic mass is 16.5. The lowest BCUT2D eigenvalue weighted by Crippen LogP contribution is -2.08. The van der Waals surface area contributed by atoms with Crippen molar-refractivity contribution in [2.24, 2.45) is 0 Å². The van der Waals surface area contributed by atoms with Crippen molar-refractivity contribution in [2.45, 2.75) is 18.8 Å². The van der Waals surface area contributed by atoms with Crippen LogP contribution >= 0.6 is 0 Å². The average molecular weight is 255 g/mol. The fraction of sp³-hybridized carbons (Fsp3) is 0.400. The van der Waals surface area contributed by atoms with Gasteiger partial charge in [-0.25, -0.2) is 4.98 Å². The topological polar surface area (TPSA) is 49.9 Å². The molecule has 19 heavy (non-hydrogen) atoms. The largest absolute Gasteiger partial charge is 0.493 e. The molecule has 2 N–H and O–H groups in total. The monoisotopic (exact) mass is 255 g/mol. The summed E-state index contributed by atoms with van der Waals surface area (Å²) in [4.78, 5) is 8.01. The number of ether oxygens (including phenoxy) is 1. The molecule has 0 bridgehead atoms. The number of benzene rings is 1. The van der Waals surface area contributed by atoms with E-state index in [1.54, 1.807) is 0 Å². The Kier molecular flexibility index (Phi) is 2.55. The van der Waals surface area contributed by atoms with Crippen LogP contribution in [0.4, 0.5) is 0 Å². The zero-order valence-corrected chi connectivity index (χ0v) is 10.8. The molecule has 2 aromatic rings. The second-order valence-electron chi connectivity index (χ2n) is 5.29. The fourth-order valence-electron chi connectivity index (χ4n) is 2.93. The van der Waals surface area contributed by atoms with Gasteiger partial charge in [-0.3, -0.25) is 0 Å². The molecule has 4 heteroatoms. The molecule has 1 aromatic carbocycles. The number of rotatable bonds is 2. The lowest BCUT2D eigenvalue weighted by molar-refractivity contribution is 0.357. The molecule has 2 aliphatic heterocycles. The van der Waals surface area contributed by atoms with Gasteiger partial charge in [0, 0.05) is 24.4 Å². The van der Waals surface area contributed by atoms with Crippen molar-refractivity contribution in [1.29, 1.82) is 0 Å². The second-order valence-corrected chi connectivity index (χ2v) is 5.29. The first-order valence-corrected chi connectivity index (χ1v) is 6.92. The molecule has 2 aliphatic rings. The predicted octanol–water partition coefficient (Wildman–Crippen LogP) is 2.09. The van der Waals surface area contributed by atoms with E-state index in [-0.39, 0.29) is 0 Å². The van der Waals surface area contributed by atoms with Crippen molar-refractivity contribution in [3.8, 4) is 17.0 Å². The van der Waals surface area contributed by atoms with Gasteiger partial charge in [-0.05, 0) is 36.7 Å². The van der Waals surface area contributed by atoms with Crippen LogP contribution < -0.4 is 10.1 Å². The van der Waals surface area contributed by atoms with E-state index in [9.17, 15) is 0 Å². The highest BCUT2D eigenvalue weighted by Crippen LogP contribution is 2.30. The van der Waals surface area contributed by atoms with Gasteiger partial charge < -0.3 is 15.0 Å². The van der Waals surface area contributed by atoms with Crippen LogP contribution in [0, 0.1) is 0 Å². The standard InChI is InChI=1S/C15H17N3O/c1-2-14-11(4-6-19-14)7-10(1)13-9-17-15(18-13)12-3-5-16-8-12/h1-2,7,9,12,16H,3-6,8H2,(H,17,18). The molecule has 3 heterocycles. The first-order valence-electron chi connectivity index (χ1n) is 6.92. The van der Waals surface area contributed by atoms with Crippen LogP contribution in [0.25, 0.3) is 11.3 Å². The Hall–Kier alpha value is -1.81. The lowest BCUT2D eigenvalue weighted by Gasteiger charge is -2.04. The third kappa shape index (κ3) is 1.92. The molecule has 1 saturated heterocycles. The van der Waals surface area contributed by atoms with Gasteiger partial charge in [-0.2, -0.15) is 0 Å². The first kappa shape index (κ1) is 11.1. The Balaban J connectivity index is 1.65. The summed E-state index contributed by atoms with van der Waals surface area (Å²) in [6, 6.07) is 6.39. The molecule has 0 saturated carbocycles. The Morgan fingerprint density at radius 3 is 3.21 bits per heavy atom. The molecule has 0 amide bonds. The Morgan fingerprint density at radius 2 is 2.32 bits per heavy atom. The van der Waals surface area contributed by atoms with Gasteiger partial charge in [-0.1, -0.05) is 0 Å². The maximum atomic E-state index is 5.54. The van der Waals surface area contributed by atoms with E-state index in [0.717, 1.165) is 43.4 Å². The van der Waals surface area contributed by atoms with E-state index in [1.807, 2.05) is 6.20 Å². The number of imidazole rings is 1. The number of nitrogens with zero attached hydrogens (tertiary/aromatic N) is 1. The summed E-state index contributed by atoms with van der Waals surface area (Å²) in [5.41, 5.74) is 3.61. The fourth-order valence-corrected chi connectivity index (χ4v) is 2.93. The van der Waals surface area contributed by atoms with Gasteiger partial charge in [0.15, 0.2) is 0 Å². The van der Waals surface area contributed by atoms with Crippen molar-refractivity contribution in [3.05, 3.63) is 35.8 Å². The van der Waals surface area contributed by atoms with Crippen molar-refractivity contribution in [3.63, 3.8) is 0 Å². The van der Waals surface area contributed by atoms with Crippen molar-refractivity contribution in [1.82, 2.24) is 15.3 Å². The molecule has 0 radical (unpaired) electrons. The van der Waals surface area contributed by atoms with E-state index in [4.69, 9.17) is 4.74 Å². The highest BCUT2D eigenvalue weighted by molar-refractivity contribution is 5.62. The van der Waals surface area contributed by atoms with E-state index in [2.05, 4.69) is 33.5 Å². The lowest BCUT2D eigenvalue weighted by atomic mass is 10.1. The third-order valence-electron chi connectivity index (χ3n) is 4.04. The zero-order valence-electron chi connectivity index (χ0n) is 10.8. The summed E-state index contributed by atoms with van der Waals surface area (Å²) >= 11 is 0. The SMILES string of the molecule is c1cc2c(cc1-c1cnc(C3CCNC3)[nH]1)CCO2. The quantitative estimate of drug-likeness (QED) is 0.864. The van der Waals surface area contributed by atoms with Crippen LogP contribution in [-0.4, -0.2) is 29.7 Å². The van der Waals surface area contributed by atoms with Crippen molar-refractivity contribution < 1.29 is 4.74 Å². The van der Waals surface area contributed by atoms with E-state index in [1.165, 1.54) is 17.5 Å². The van der Waals surface area contributed by atoms with Gasteiger partial charge in [-0.15, -0.1) is 0 Å². The molecule has 1 atom stereocenters. The molecule has 0 spiro atoms. The van der Waals surface area contributed by atoms with Gasteiger partial charge in [0.2, 0.25) is 0 Å². The number of nitrogens with one attached hydrogen (secondary N) is 2. The molecule has 1 fully saturated rings. The minimum absolute atomic E-state index is 0.534. The number of hydrogen-bond acceptors (Lipinski definition) is 3. The zero-order chi connectivity index (χ0) is 12.7. The van der Waals surface area contributed by atoms with E-state index >= 15 is 0 Å². The summed E-state index contributed by atoms with van der Waals surface area (Å²) in [6.45, 7) is 2.93. The van der Waals surface area contributed by atoms with Crippen LogP contribution in [0.3, 0.4) is 0 Å². The molecular weight excluding hydrogens is 238 g/mol. The maximum absolute atomic E-state index is 5.54. The van der Waals surface area contributed by atoms with Crippen molar-refractivity contribution >= 4 is 0 Å². The van der Waals surface area contributed by atoms with Crippen LogP contribution in [0.15, 0.2) is 24.4 Å². The van der Waals surface area contributed by atoms with Crippen LogP contribution in [0.5, 0.6) is 5.75 Å². The summed E-state index contributed by atoms with van der Waals surface area (Å²) in [5.74, 6) is 2.67. The smallest absolute Gasteiger partial charge is 0.122 e. The Bertz CT molecular complexity index is 599. The van der Waals surface area contributed by atoms with E-state index in [0.29, 0.717) is 5.92 Å². The van der Waals surface area contributed by atoms with Gasteiger partial charge in [0.1, 0.15) is 11.6 Å². The second kappa shape index (κ2) is 4.38. The number of H-pyrrole nitrogens is 1. The third-order valence-corrected chi connectivity index (χ3v) is 4.04. The summed E-state index contributed by atoms with van der Waals surface area (Å²) < 4.78 is 5.54. The molecule has 98 valence electrons. The van der Waals surface area contributed by atoms with Crippen molar-refractivity contribution in [2.75, 3.05) is 19.7 Å².